The summed E-state index contributed by atoms with van der Waals surface area (Å²) in [4.78, 5) is 10.3. The van der Waals surface area contributed by atoms with Crippen LogP contribution >= 0.6 is 0 Å². The number of carbonyl (C=O) groups is 1. The van der Waals surface area contributed by atoms with Crippen LogP contribution in [0.1, 0.15) is 24.9 Å². The predicted molar refractivity (Wildman–Crippen MR) is 49.3 cm³/mol. The van der Waals surface area contributed by atoms with Crippen molar-refractivity contribution in [2.45, 2.75) is 20.3 Å². The molecule has 0 radical (unpaired) electrons. The molecule has 1 N–H and O–H groups in total. The molecule has 0 fully saturated rings. The first-order valence-electron chi connectivity index (χ1n) is 4.05. The van der Waals surface area contributed by atoms with E-state index in [9.17, 15) is 4.79 Å². The Bertz CT molecular complexity index is 334. The molecule has 1 rings (SSSR count). The molecule has 0 atom stereocenters. The monoisotopic (exact) mass is 180 g/mol. The summed E-state index contributed by atoms with van der Waals surface area (Å²) in [5, 5.41) is 8.44. The average molecular weight is 180 g/mol. The topological polar surface area (TPSA) is 50.4 Å². The van der Waals surface area contributed by atoms with Gasteiger partial charge in [0, 0.05) is 0 Å². The number of aliphatic carboxylic acids is 1. The number of aryl methyl sites for hydroxylation is 1. The molecular formula is C10H12O3. The number of allylic oxidation sites excluding steroid dienone is 1. The summed E-state index contributed by atoms with van der Waals surface area (Å²) in [6, 6.07) is 3.69. The Labute approximate surface area is 76.7 Å². The lowest BCUT2D eigenvalue weighted by Crippen LogP contribution is -1.90. The minimum Gasteiger partial charge on any atom is -0.481 e. The molecule has 0 unspecified atom stereocenters. The van der Waals surface area contributed by atoms with Crippen molar-refractivity contribution in [2.24, 2.45) is 0 Å². The normalized spacial score (nSPS) is 11.7. The highest BCUT2D eigenvalue weighted by molar-refractivity contribution is 5.72. The highest BCUT2D eigenvalue weighted by Gasteiger charge is 2.01. The van der Waals surface area contributed by atoms with Gasteiger partial charge in [-0.1, -0.05) is 6.08 Å². The molecule has 0 aliphatic heterocycles. The van der Waals surface area contributed by atoms with Crippen molar-refractivity contribution in [3.8, 4) is 0 Å². The third kappa shape index (κ3) is 2.78. The van der Waals surface area contributed by atoms with E-state index in [0.29, 0.717) is 0 Å². The molecule has 1 aromatic rings. The second-order valence-corrected chi connectivity index (χ2v) is 2.90. The first kappa shape index (κ1) is 9.58. The lowest BCUT2D eigenvalue weighted by atomic mass is 10.2. The Balaban J connectivity index is 2.72. The van der Waals surface area contributed by atoms with Crippen molar-refractivity contribution in [1.29, 1.82) is 0 Å². The van der Waals surface area contributed by atoms with Crippen molar-refractivity contribution in [3.63, 3.8) is 0 Å². The molecule has 0 aliphatic rings. The van der Waals surface area contributed by atoms with Crippen molar-refractivity contribution in [3.05, 3.63) is 29.7 Å². The molecule has 1 aromatic heterocycles. The Morgan fingerprint density at radius 1 is 1.62 bits per heavy atom. The van der Waals surface area contributed by atoms with Crippen LogP contribution in [0, 0.1) is 6.92 Å². The fourth-order valence-corrected chi connectivity index (χ4v) is 0.987. The maximum Gasteiger partial charge on any atom is 0.307 e. The highest BCUT2D eigenvalue weighted by Crippen LogP contribution is 2.16. The van der Waals surface area contributed by atoms with E-state index in [2.05, 4.69) is 0 Å². The molecule has 0 saturated heterocycles. The molecular weight excluding hydrogens is 168 g/mol. The van der Waals surface area contributed by atoms with Gasteiger partial charge >= 0.3 is 5.97 Å². The fraction of sp³-hybridized carbons (Fsp3) is 0.300. The summed E-state index contributed by atoms with van der Waals surface area (Å²) in [6.07, 6.45) is 1.67. The van der Waals surface area contributed by atoms with Crippen LogP contribution in [0.5, 0.6) is 0 Å². The van der Waals surface area contributed by atoms with Gasteiger partial charge in [0.05, 0.1) is 6.42 Å². The van der Waals surface area contributed by atoms with Crippen LogP contribution in [0.25, 0.3) is 5.57 Å². The largest absolute Gasteiger partial charge is 0.481 e. The van der Waals surface area contributed by atoms with Crippen LogP contribution in [0.4, 0.5) is 0 Å². The van der Waals surface area contributed by atoms with Gasteiger partial charge in [-0.15, -0.1) is 0 Å². The SMILES string of the molecule is C/C(=C/CC(=O)O)c1ccc(C)o1. The Kier molecular flexibility index (Phi) is 2.90. The van der Waals surface area contributed by atoms with E-state index in [1.54, 1.807) is 6.08 Å². The second kappa shape index (κ2) is 3.94. The fourth-order valence-electron chi connectivity index (χ4n) is 0.987. The Hall–Kier alpha value is -1.51. The van der Waals surface area contributed by atoms with E-state index in [4.69, 9.17) is 9.52 Å². The summed E-state index contributed by atoms with van der Waals surface area (Å²) in [6.45, 7) is 3.69. The molecule has 0 amide bonds. The summed E-state index contributed by atoms with van der Waals surface area (Å²) in [5.74, 6) is 0.736. The van der Waals surface area contributed by atoms with Gasteiger partial charge in [-0.05, 0) is 31.6 Å². The molecule has 0 saturated carbocycles. The van der Waals surface area contributed by atoms with Gasteiger partial charge in [0.15, 0.2) is 0 Å². The van der Waals surface area contributed by atoms with E-state index in [0.717, 1.165) is 17.1 Å². The van der Waals surface area contributed by atoms with E-state index in [1.807, 2.05) is 26.0 Å². The van der Waals surface area contributed by atoms with Crippen LogP contribution in [-0.4, -0.2) is 11.1 Å². The van der Waals surface area contributed by atoms with Crippen LogP contribution < -0.4 is 0 Å². The van der Waals surface area contributed by atoms with Crippen LogP contribution in [0.15, 0.2) is 22.6 Å². The summed E-state index contributed by atoms with van der Waals surface area (Å²) < 4.78 is 5.32. The Morgan fingerprint density at radius 2 is 2.31 bits per heavy atom. The van der Waals surface area contributed by atoms with Gasteiger partial charge < -0.3 is 9.52 Å². The molecule has 0 aliphatic carbocycles. The third-order valence-corrected chi connectivity index (χ3v) is 1.71. The van der Waals surface area contributed by atoms with Gasteiger partial charge in [-0.3, -0.25) is 4.79 Å². The second-order valence-electron chi connectivity index (χ2n) is 2.90. The van der Waals surface area contributed by atoms with Crippen molar-refractivity contribution < 1.29 is 14.3 Å². The van der Waals surface area contributed by atoms with Crippen molar-refractivity contribution in [2.75, 3.05) is 0 Å². The number of furan rings is 1. The molecule has 70 valence electrons. The average Bonchev–Trinajstić information content (AvgIpc) is 2.47. The van der Waals surface area contributed by atoms with E-state index < -0.39 is 5.97 Å². The minimum atomic E-state index is -0.831. The van der Waals surface area contributed by atoms with Gasteiger partial charge in [-0.2, -0.15) is 0 Å². The summed E-state index contributed by atoms with van der Waals surface area (Å²) >= 11 is 0. The van der Waals surface area contributed by atoms with Crippen molar-refractivity contribution in [1.82, 2.24) is 0 Å². The Morgan fingerprint density at radius 3 is 2.77 bits per heavy atom. The zero-order valence-corrected chi connectivity index (χ0v) is 7.70. The summed E-state index contributed by atoms with van der Waals surface area (Å²) in [5.41, 5.74) is 0.857. The molecule has 3 nitrogen and oxygen atoms in total. The molecule has 0 spiro atoms. The van der Waals surface area contributed by atoms with E-state index >= 15 is 0 Å². The maximum absolute atomic E-state index is 10.3. The van der Waals surface area contributed by atoms with Crippen LogP contribution in [-0.2, 0) is 4.79 Å². The van der Waals surface area contributed by atoms with Gasteiger partial charge in [0.2, 0.25) is 0 Å². The zero-order valence-electron chi connectivity index (χ0n) is 7.70. The number of carboxylic acids is 1. The molecule has 1 heterocycles. The number of hydrogen-bond acceptors (Lipinski definition) is 2. The third-order valence-electron chi connectivity index (χ3n) is 1.71. The quantitative estimate of drug-likeness (QED) is 0.777. The standard InChI is InChI=1S/C10H12O3/c1-7(3-6-10(11)12)9-5-4-8(2)13-9/h3-5H,6H2,1-2H3,(H,11,12)/b7-3-. The summed E-state index contributed by atoms with van der Waals surface area (Å²) in [7, 11) is 0. The highest BCUT2D eigenvalue weighted by atomic mass is 16.4. The molecule has 0 aromatic carbocycles. The zero-order chi connectivity index (χ0) is 9.84. The smallest absolute Gasteiger partial charge is 0.307 e. The number of hydrogen-bond donors (Lipinski definition) is 1. The molecule has 0 bridgehead atoms. The molecule has 3 heteroatoms. The number of rotatable bonds is 3. The lowest BCUT2D eigenvalue weighted by molar-refractivity contribution is -0.135. The van der Waals surface area contributed by atoms with Crippen LogP contribution in [0.2, 0.25) is 0 Å². The van der Waals surface area contributed by atoms with Gasteiger partial charge in [0.25, 0.3) is 0 Å². The first-order valence-corrected chi connectivity index (χ1v) is 4.05. The van der Waals surface area contributed by atoms with Gasteiger partial charge in [-0.25, -0.2) is 0 Å². The van der Waals surface area contributed by atoms with Crippen molar-refractivity contribution >= 4 is 11.5 Å². The predicted octanol–water partition coefficient (Wildman–Crippen LogP) is 2.47. The van der Waals surface area contributed by atoms with E-state index in [-0.39, 0.29) is 6.42 Å². The van der Waals surface area contributed by atoms with Gasteiger partial charge in [0.1, 0.15) is 11.5 Å². The minimum absolute atomic E-state index is 0.0333. The van der Waals surface area contributed by atoms with Crippen LogP contribution in [0.3, 0.4) is 0 Å². The number of carboxylic acid groups (broad SMARTS) is 1. The maximum atomic E-state index is 10.3. The molecule has 13 heavy (non-hydrogen) atoms. The van der Waals surface area contributed by atoms with E-state index in [1.165, 1.54) is 0 Å². The lowest BCUT2D eigenvalue weighted by Gasteiger charge is -1.94. The first-order chi connectivity index (χ1) is 6.09.